The Hall–Kier alpha value is -3.67. The number of thioether (sulfide) groups is 1. The second kappa shape index (κ2) is 7.94. The predicted molar refractivity (Wildman–Crippen MR) is 122 cm³/mol. The molecular weight excluding hydrogens is 485 g/mol. The maximum Gasteiger partial charge on any atom is 0.408 e. The Kier molecular flexibility index (Phi) is 5.24. The molecule has 2 aliphatic heterocycles. The number of halogens is 3. The van der Waals surface area contributed by atoms with Crippen molar-refractivity contribution < 1.29 is 27.6 Å². The van der Waals surface area contributed by atoms with Crippen molar-refractivity contribution in [3.63, 3.8) is 0 Å². The summed E-state index contributed by atoms with van der Waals surface area (Å²) in [7, 11) is 0. The molecule has 1 aromatic carbocycles. The number of hydrogen-bond acceptors (Lipinski definition) is 7. The summed E-state index contributed by atoms with van der Waals surface area (Å²) in [6.07, 6.45) is -3.47. The first kappa shape index (κ1) is 23.1. The van der Waals surface area contributed by atoms with Gasteiger partial charge in [0.25, 0.3) is 5.91 Å². The summed E-state index contributed by atoms with van der Waals surface area (Å²) < 4.78 is 48.0. The van der Waals surface area contributed by atoms with Gasteiger partial charge in [0.2, 0.25) is 5.43 Å². The van der Waals surface area contributed by atoms with Crippen LogP contribution in [0.3, 0.4) is 0 Å². The first-order chi connectivity index (χ1) is 16.5. The summed E-state index contributed by atoms with van der Waals surface area (Å²) >= 11 is 1.33. The minimum absolute atomic E-state index is 0.368. The fraction of sp³-hybridized carbons (Fsp3) is 0.261. The zero-order valence-corrected chi connectivity index (χ0v) is 19.4. The maximum atomic E-state index is 13.8. The molecule has 0 saturated carbocycles. The van der Waals surface area contributed by atoms with Crippen molar-refractivity contribution in [3.05, 3.63) is 81.6 Å². The van der Waals surface area contributed by atoms with Crippen LogP contribution in [0.15, 0.2) is 57.3 Å². The van der Waals surface area contributed by atoms with Gasteiger partial charge in [-0.25, -0.2) is 0 Å². The van der Waals surface area contributed by atoms with Crippen LogP contribution in [0.1, 0.15) is 46.0 Å². The Morgan fingerprint density at radius 3 is 2.69 bits per heavy atom. The van der Waals surface area contributed by atoms with Crippen molar-refractivity contribution in [1.29, 1.82) is 0 Å². The number of aromatic hydroxyl groups is 1. The number of amides is 1. The van der Waals surface area contributed by atoms with Crippen LogP contribution in [-0.2, 0) is 0 Å². The van der Waals surface area contributed by atoms with E-state index in [9.17, 15) is 27.9 Å². The Labute approximate surface area is 201 Å². The normalized spacial score (nSPS) is 18.6. The molecule has 0 radical (unpaired) electrons. The molecule has 2 atom stereocenters. The SMILES string of the molecule is C=C1Sc2ccccc2C(N2CN([C@H](C)C(F)(F)F)C(=O)c3c(O)c(=O)ccn32)c2c(C)noc21. The number of rotatable bonds is 2. The molecule has 2 aliphatic rings. The third-order valence-corrected chi connectivity index (χ3v) is 7.24. The summed E-state index contributed by atoms with van der Waals surface area (Å²) in [5, 5.41) is 16.0. The third kappa shape index (κ3) is 3.51. The molecule has 0 aliphatic carbocycles. The number of aryl methyl sites for hydroxylation is 1. The van der Waals surface area contributed by atoms with Gasteiger partial charge in [-0.3, -0.25) is 19.3 Å². The highest BCUT2D eigenvalue weighted by Gasteiger charge is 2.48. The van der Waals surface area contributed by atoms with Crippen LogP contribution in [0.4, 0.5) is 13.2 Å². The van der Waals surface area contributed by atoms with Crippen LogP contribution < -0.4 is 10.4 Å². The number of carbonyl (C=O) groups excluding carboxylic acids is 1. The molecule has 0 bridgehead atoms. The number of hydrogen-bond donors (Lipinski definition) is 1. The smallest absolute Gasteiger partial charge is 0.408 e. The summed E-state index contributed by atoms with van der Waals surface area (Å²) in [5.74, 6) is -1.67. The predicted octanol–water partition coefficient (Wildman–Crippen LogP) is 4.02. The van der Waals surface area contributed by atoms with Gasteiger partial charge in [0, 0.05) is 17.2 Å². The van der Waals surface area contributed by atoms with Gasteiger partial charge < -0.3 is 14.5 Å². The van der Waals surface area contributed by atoms with Crippen LogP contribution in [0.5, 0.6) is 5.75 Å². The monoisotopic (exact) mass is 504 g/mol. The maximum absolute atomic E-state index is 13.8. The second-order valence-electron chi connectivity index (χ2n) is 8.27. The Bertz CT molecular complexity index is 1430. The summed E-state index contributed by atoms with van der Waals surface area (Å²) in [5.41, 5.74) is 0.330. The van der Waals surface area contributed by atoms with Crippen LogP contribution in [0.25, 0.3) is 4.91 Å². The summed E-state index contributed by atoms with van der Waals surface area (Å²) in [4.78, 5) is 27.3. The molecule has 12 heteroatoms. The molecule has 8 nitrogen and oxygen atoms in total. The lowest BCUT2D eigenvalue weighted by molar-refractivity contribution is -0.173. The van der Waals surface area contributed by atoms with Crippen LogP contribution in [-0.4, -0.2) is 44.6 Å². The molecule has 3 aromatic rings. The zero-order chi connectivity index (χ0) is 25.2. The average Bonchev–Trinajstić information content (AvgIpc) is 3.12. The number of fused-ring (bicyclic) bond motifs is 3. The van der Waals surface area contributed by atoms with Gasteiger partial charge in [-0.2, -0.15) is 13.2 Å². The molecule has 0 spiro atoms. The van der Waals surface area contributed by atoms with Crippen molar-refractivity contribution in [1.82, 2.24) is 14.7 Å². The fourth-order valence-corrected chi connectivity index (χ4v) is 5.33. The van der Waals surface area contributed by atoms with Crippen LogP contribution >= 0.6 is 11.8 Å². The van der Waals surface area contributed by atoms with Gasteiger partial charge in [-0.15, -0.1) is 0 Å². The molecule has 1 N–H and O–H groups in total. The highest BCUT2D eigenvalue weighted by atomic mass is 32.2. The number of pyridine rings is 1. The highest BCUT2D eigenvalue weighted by Crippen LogP contribution is 2.48. The van der Waals surface area contributed by atoms with Crippen LogP contribution in [0.2, 0.25) is 0 Å². The molecule has 2 aromatic heterocycles. The lowest BCUT2D eigenvalue weighted by Gasteiger charge is -2.45. The van der Waals surface area contributed by atoms with E-state index < -0.39 is 47.7 Å². The van der Waals surface area contributed by atoms with Crippen molar-refractivity contribution in [3.8, 4) is 5.75 Å². The molecule has 1 unspecified atom stereocenters. The van der Waals surface area contributed by atoms with Crippen molar-refractivity contribution >= 4 is 22.6 Å². The number of carbonyl (C=O) groups is 1. The van der Waals surface area contributed by atoms with E-state index in [4.69, 9.17) is 4.52 Å². The third-order valence-electron chi connectivity index (χ3n) is 6.21. The van der Waals surface area contributed by atoms with Gasteiger partial charge in [-0.05, 0) is 25.5 Å². The molecule has 182 valence electrons. The van der Waals surface area contributed by atoms with Crippen molar-refractivity contribution in [2.45, 2.75) is 37.0 Å². The lowest BCUT2D eigenvalue weighted by atomic mass is 9.96. The van der Waals surface area contributed by atoms with E-state index in [1.165, 1.54) is 27.6 Å². The Balaban J connectivity index is 1.80. The van der Waals surface area contributed by atoms with E-state index in [1.54, 1.807) is 13.0 Å². The molecule has 5 rings (SSSR count). The lowest BCUT2D eigenvalue weighted by Crippen LogP contribution is -2.60. The number of benzene rings is 1. The quantitative estimate of drug-likeness (QED) is 0.564. The second-order valence-corrected chi connectivity index (χ2v) is 9.41. The average molecular weight is 504 g/mol. The molecule has 0 fully saturated rings. The van der Waals surface area contributed by atoms with E-state index in [0.717, 1.165) is 17.9 Å². The van der Waals surface area contributed by atoms with E-state index in [-0.39, 0.29) is 0 Å². The van der Waals surface area contributed by atoms with Gasteiger partial charge in [0.1, 0.15) is 18.8 Å². The van der Waals surface area contributed by atoms with Gasteiger partial charge in [0.05, 0.1) is 16.2 Å². The fourth-order valence-electron chi connectivity index (χ4n) is 4.38. The summed E-state index contributed by atoms with van der Waals surface area (Å²) in [6, 6.07) is 5.37. The number of aromatic nitrogens is 2. The van der Waals surface area contributed by atoms with Gasteiger partial charge >= 0.3 is 6.18 Å². The Morgan fingerprint density at radius 1 is 1.26 bits per heavy atom. The molecule has 0 saturated heterocycles. The summed E-state index contributed by atoms with van der Waals surface area (Å²) in [6.45, 7) is 6.15. The molecule has 4 heterocycles. The number of alkyl halides is 3. The van der Waals surface area contributed by atoms with E-state index in [2.05, 4.69) is 11.7 Å². The van der Waals surface area contributed by atoms with Gasteiger partial charge in [0.15, 0.2) is 17.2 Å². The minimum atomic E-state index is -4.74. The van der Waals surface area contributed by atoms with Gasteiger partial charge in [-0.1, -0.05) is 41.7 Å². The topological polar surface area (TPSA) is 91.8 Å². The number of nitrogens with zero attached hydrogens (tertiary/aromatic N) is 4. The van der Waals surface area contributed by atoms with Crippen LogP contribution in [0, 0.1) is 6.92 Å². The largest absolute Gasteiger partial charge is 0.502 e. The zero-order valence-electron chi connectivity index (χ0n) is 18.5. The van der Waals surface area contributed by atoms with Crippen molar-refractivity contribution in [2.24, 2.45) is 0 Å². The minimum Gasteiger partial charge on any atom is -0.502 e. The van der Waals surface area contributed by atoms with Crippen molar-refractivity contribution in [2.75, 3.05) is 11.7 Å². The Morgan fingerprint density at radius 2 is 1.97 bits per heavy atom. The molecular formula is C23H19F3N4O4S. The van der Waals surface area contributed by atoms with E-state index in [1.807, 2.05) is 18.2 Å². The molecule has 1 amide bonds. The molecule has 35 heavy (non-hydrogen) atoms. The first-order valence-corrected chi connectivity index (χ1v) is 11.3. The van der Waals surface area contributed by atoms with E-state index in [0.29, 0.717) is 32.4 Å². The first-order valence-electron chi connectivity index (χ1n) is 10.5. The highest BCUT2D eigenvalue weighted by molar-refractivity contribution is 8.08. The van der Waals surface area contributed by atoms with E-state index >= 15 is 0 Å². The standard InChI is InChI=1S/C23H19F3N4O4S/c1-11-17-18(14-6-4-5-7-16(14)35-12(2)21(17)34-27-11)30-10-28(13(3)23(24,25)26)22(33)19-20(32)15(31)8-9-29(19)30/h4-9,13,18,32H,2,10H2,1,3H3/t13-,18?/m1/s1.